The molecule has 3 nitrogen and oxygen atoms in total. The number of hydrogen-bond donors (Lipinski definition) is 1. The Hall–Kier alpha value is -1.35. The number of fused-ring (bicyclic) bond motifs is 1. The second kappa shape index (κ2) is 2.95. The minimum absolute atomic E-state index is 0.852. The number of imidazole rings is 1. The number of pyridine rings is 1. The molecule has 0 bridgehead atoms. The van der Waals surface area contributed by atoms with E-state index in [0.29, 0.717) is 0 Å². The van der Waals surface area contributed by atoms with Crippen LogP contribution in [0, 0.1) is 0 Å². The van der Waals surface area contributed by atoms with Crippen LogP contribution in [0.3, 0.4) is 0 Å². The summed E-state index contributed by atoms with van der Waals surface area (Å²) in [6.45, 7) is 0.852. The Balaban J connectivity index is 2.55. The normalized spacial score (nSPS) is 10.8. The molecule has 0 radical (unpaired) electrons. The molecule has 0 saturated carbocycles. The van der Waals surface area contributed by atoms with Crippen LogP contribution < -0.4 is 5.32 Å². The van der Waals surface area contributed by atoms with Crippen LogP contribution in [-0.4, -0.2) is 16.4 Å². The third-order valence-electron chi connectivity index (χ3n) is 1.85. The van der Waals surface area contributed by atoms with Crippen molar-refractivity contribution in [3.63, 3.8) is 0 Å². The second-order valence-electron chi connectivity index (χ2n) is 2.71. The Kier molecular flexibility index (Phi) is 1.80. The van der Waals surface area contributed by atoms with Crippen LogP contribution >= 0.6 is 0 Å². The molecule has 12 heavy (non-hydrogen) atoms. The third kappa shape index (κ3) is 1.08. The van der Waals surface area contributed by atoms with E-state index in [9.17, 15) is 0 Å². The van der Waals surface area contributed by atoms with Crippen molar-refractivity contribution in [2.45, 2.75) is 6.54 Å². The van der Waals surface area contributed by atoms with E-state index in [2.05, 4.69) is 14.7 Å². The SMILES string of the molecule is CNCc1cnc2ccccn12. The topological polar surface area (TPSA) is 29.3 Å². The minimum Gasteiger partial charge on any atom is -0.314 e. The van der Waals surface area contributed by atoms with Crippen LogP contribution in [0.1, 0.15) is 5.69 Å². The number of hydrogen-bond acceptors (Lipinski definition) is 2. The number of nitrogens with zero attached hydrogens (tertiary/aromatic N) is 2. The summed E-state index contributed by atoms with van der Waals surface area (Å²) in [5, 5.41) is 3.10. The standard InChI is InChI=1S/C9H11N3/c1-10-6-8-7-11-9-4-2-3-5-12(8)9/h2-5,7,10H,6H2,1H3. The fourth-order valence-electron chi connectivity index (χ4n) is 1.30. The van der Waals surface area contributed by atoms with Crippen LogP contribution in [0.2, 0.25) is 0 Å². The first-order valence-electron chi connectivity index (χ1n) is 3.97. The first-order chi connectivity index (χ1) is 5.92. The van der Waals surface area contributed by atoms with Gasteiger partial charge in [0.1, 0.15) is 5.65 Å². The molecular formula is C9H11N3. The Labute approximate surface area is 71.0 Å². The van der Waals surface area contributed by atoms with Gasteiger partial charge in [0.05, 0.1) is 11.9 Å². The zero-order chi connectivity index (χ0) is 8.39. The summed E-state index contributed by atoms with van der Waals surface area (Å²) < 4.78 is 2.08. The monoisotopic (exact) mass is 161 g/mol. The average molecular weight is 161 g/mol. The molecule has 2 rings (SSSR count). The Bertz CT molecular complexity index is 378. The smallest absolute Gasteiger partial charge is 0.136 e. The lowest BCUT2D eigenvalue weighted by Crippen LogP contribution is -2.07. The van der Waals surface area contributed by atoms with Crippen molar-refractivity contribution in [1.29, 1.82) is 0 Å². The maximum atomic E-state index is 4.26. The number of nitrogens with one attached hydrogen (secondary N) is 1. The van der Waals surface area contributed by atoms with E-state index < -0.39 is 0 Å². The predicted molar refractivity (Wildman–Crippen MR) is 48.0 cm³/mol. The lowest BCUT2D eigenvalue weighted by atomic mass is 10.4. The lowest BCUT2D eigenvalue weighted by Gasteiger charge is -1.98. The van der Waals surface area contributed by atoms with Crippen molar-refractivity contribution >= 4 is 5.65 Å². The highest BCUT2D eigenvalue weighted by Crippen LogP contribution is 2.04. The molecule has 0 aliphatic rings. The van der Waals surface area contributed by atoms with Crippen LogP contribution in [0.15, 0.2) is 30.6 Å². The summed E-state index contributed by atoms with van der Waals surface area (Å²) in [6.07, 6.45) is 3.92. The molecule has 0 aliphatic carbocycles. The summed E-state index contributed by atoms with van der Waals surface area (Å²) in [6, 6.07) is 6.00. The number of aromatic nitrogens is 2. The van der Waals surface area contributed by atoms with Gasteiger partial charge in [-0.1, -0.05) is 6.07 Å². The van der Waals surface area contributed by atoms with Crippen molar-refractivity contribution in [2.24, 2.45) is 0 Å². The van der Waals surface area contributed by atoms with E-state index >= 15 is 0 Å². The van der Waals surface area contributed by atoms with Crippen molar-refractivity contribution in [3.05, 3.63) is 36.3 Å². The molecule has 0 aliphatic heterocycles. The molecule has 0 unspecified atom stereocenters. The van der Waals surface area contributed by atoms with Crippen LogP contribution in [-0.2, 0) is 6.54 Å². The maximum Gasteiger partial charge on any atom is 0.136 e. The fourth-order valence-corrected chi connectivity index (χ4v) is 1.30. The number of rotatable bonds is 2. The first kappa shape index (κ1) is 7.31. The van der Waals surface area contributed by atoms with Gasteiger partial charge in [-0.05, 0) is 19.2 Å². The fraction of sp³-hybridized carbons (Fsp3) is 0.222. The van der Waals surface area contributed by atoms with Gasteiger partial charge in [0, 0.05) is 12.7 Å². The van der Waals surface area contributed by atoms with Crippen molar-refractivity contribution in [1.82, 2.24) is 14.7 Å². The van der Waals surface area contributed by atoms with Gasteiger partial charge < -0.3 is 9.72 Å². The quantitative estimate of drug-likeness (QED) is 0.713. The molecule has 0 saturated heterocycles. The van der Waals surface area contributed by atoms with E-state index in [1.807, 2.05) is 37.6 Å². The summed E-state index contributed by atoms with van der Waals surface area (Å²) in [7, 11) is 1.93. The van der Waals surface area contributed by atoms with Gasteiger partial charge in [-0.2, -0.15) is 0 Å². The van der Waals surface area contributed by atoms with E-state index in [1.165, 1.54) is 5.69 Å². The molecule has 0 aromatic carbocycles. The van der Waals surface area contributed by atoms with Gasteiger partial charge in [0.2, 0.25) is 0 Å². The highest BCUT2D eigenvalue weighted by atomic mass is 15.0. The Morgan fingerprint density at radius 1 is 1.50 bits per heavy atom. The van der Waals surface area contributed by atoms with Crippen LogP contribution in [0.4, 0.5) is 0 Å². The van der Waals surface area contributed by atoms with E-state index in [-0.39, 0.29) is 0 Å². The van der Waals surface area contributed by atoms with E-state index in [0.717, 1.165) is 12.2 Å². The van der Waals surface area contributed by atoms with Gasteiger partial charge in [-0.15, -0.1) is 0 Å². The maximum absolute atomic E-state index is 4.26. The Morgan fingerprint density at radius 2 is 2.42 bits per heavy atom. The van der Waals surface area contributed by atoms with E-state index in [1.54, 1.807) is 0 Å². The summed E-state index contributed by atoms with van der Waals surface area (Å²) in [5.74, 6) is 0. The molecule has 0 atom stereocenters. The molecular weight excluding hydrogens is 150 g/mol. The Morgan fingerprint density at radius 3 is 3.25 bits per heavy atom. The zero-order valence-electron chi connectivity index (χ0n) is 6.99. The van der Waals surface area contributed by atoms with Gasteiger partial charge in [-0.25, -0.2) is 4.98 Å². The largest absolute Gasteiger partial charge is 0.314 e. The van der Waals surface area contributed by atoms with Gasteiger partial charge in [-0.3, -0.25) is 0 Å². The van der Waals surface area contributed by atoms with Crippen molar-refractivity contribution in [3.8, 4) is 0 Å². The first-order valence-corrected chi connectivity index (χ1v) is 3.97. The van der Waals surface area contributed by atoms with Crippen LogP contribution in [0.25, 0.3) is 5.65 Å². The third-order valence-corrected chi connectivity index (χ3v) is 1.85. The van der Waals surface area contributed by atoms with Gasteiger partial charge in [0.25, 0.3) is 0 Å². The average Bonchev–Trinajstić information content (AvgIpc) is 2.50. The summed E-state index contributed by atoms with van der Waals surface area (Å²) >= 11 is 0. The predicted octanol–water partition coefficient (Wildman–Crippen LogP) is 1.05. The molecule has 0 spiro atoms. The molecule has 0 fully saturated rings. The van der Waals surface area contributed by atoms with Crippen molar-refractivity contribution < 1.29 is 0 Å². The summed E-state index contributed by atoms with van der Waals surface area (Å²) in [4.78, 5) is 4.26. The van der Waals surface area contributed by atoms with E-state index in [4.69, 9.17) is 0 Å². The zero-order valence-corrected chi connectivity index (χ0v) is 6.99. The highest BCUT2D eigenvalue weighted by Gasteiger charge is 1.98. The van der Waals surface area contributed by atoms with Crippen molar-refractivity contribution in [2.75, 3.05) is 7.05 Å². The highest BCUT2D eigenvalue weighted by molar-refractivity contribution is 5.39. The lowest BCUT2D eigenvalue weighted by molar-refractivity contribution is 0.782. The molecule has 0 amide bonds. The van der Waals surface area contributed by atoms with Gasteiger partial charge in [0.15, 0.2) is 0 Å². The minimum atomic E-state index is 0.852. The second-order valence-corrected chi connectivity index (χ2v) is 2.71. The molecule has 2 aromatic heterocycles. The molecule has 2 aromatic rings. The molecule has 1 N–H and O–H groups in total. The summed E-state index contributed by atoms with van der Waals surface area (Å²) in [5.41, 5.74) is 2.19. The molecule has 62 valence electrons. The van der Waals surface area contributed by atoms with Crippen LogP contribution in [0.5, 0.6) is 0 Å². The van der Waals surface area contributed by atoms with Gasteiger partial charge >= 0.3 is 0 Å². The molecule has 3 heteroatoms. The molecule has 2 heterocycles.